The van der Waals surface area contributed by atoms with Gasteiger partial charge in [0.15, 0.2) is 0 Å². The third-order valence-electron chi connectivity index (χ3n) is 5.71. The molecular weight excluding hydrogens is 300 g/mol. The second kappa shape index (κ2) is 6.43. The van der Waals surface area contributed by atoms with Crippen molar-refractivity contribution in [3.8, 4) is 0 Å². The number of hydrogen-bond donors (Lipinski definition) is 2. The third kappa shape index (κ3) is 2.98. The zero-order valence-electron chi connectivity index (χ0n) is 14.3. The first-order valence-electron chi connectivity index (χ1n) is 8.92. The van der Waals surface area contributed by atoms with Gasteiger partial charge in [-0.25, -0.2) is 5.10 Å². The first-order chi connectivity index (χ1) is 11.7. The normalized spacial score (nSPS) is 21.9. The molecule has 3 N–H and O–H groups in total. The largest absolute Gasteiger partial charge is 0.368 e. The number of nitrogens with two attached hydrogens (primary N) is 1. The van der Waals surface area contributed by atoms with Gasteiger partial charge in [0, 0.05) is 25.2 Å². The van der Waals surface area contributed by atoms with E-state index >= 15 is 0 Å². The van der Waals surface area contributed by atoms with Gasteiger partial charge in [0.25, 0.3) is 0 Å². The fraction of sp³-hybridized carbons (Fsp3) is 0.556. The van der Waals surface area contributed by atoms with Crippen molar-refractivity contribution in [3.63, 3.8) is 0 Å². The number of fused-ring (bicyclic) bond motifs is 1. The fourth-order valence-corrected chi connectivity index (χ4v) is 4.20. The number of benzene rings is 1. The second-order valence-corrected chi connectivity index (χ2v) is 7.07. The molecule has 0 radical (unpaired) electrons. The Bertz CT molecular complexity index is 688. The van der Waals surface area contributed by atoms with Crippen molar-refractivity contribution in [3.05, 3.63) is 35.4 Å². The highest BCUT2D eigenvalue weighted by atomic mass is 15.4. The highest BCUT2D eigenvalue weighted by Crippen LogP contribution is 2.28. The number of H-pyrrole nitrogens is 1. The first kappa shape index (κ1) is 15.4. The summed E-state index contributed by atoms with van der Waals surface area (Å²) >= 11 is 0. The Balaban J connectivity index is 1.36. The maximum atomic E-state index is 5.63. The van der Waals surface area contributed by atoms with Crippen LogP contribution in [0.4, 0.5) is 11.9 Å². The maximum absolute atomic E-state index is 5.63. The molecule has 6 nitrogen and oxygen atoms in total. The molecule has 0 spiro atoms. The van der Waals surface area contributed by atoms with E-state index in [1.54, 1.807) is 5.56 Å². The molecule has 1 atom stereocenters. The molecule has 1 aromatic carbocycles. The lowest BCUT2D eigenvalue weighted by Crippen LogP contribution is -2.49. The zero-order valence-corrected chi connectivity index (χ0v) is 14.3. The van der Waals surface area contributed by atoms with Gasteiger partial charge in [-0.05, 0) is 50.3 Å². The number of hydrogen-bond acceptors (Lipinski definition) is 5. The lowest BCUT2D eigenvalue weighted by molar-refractivity contribution is 0.136. The van der Waals surface area contributed by atoms with E-state index in [1.165, 1.54) is 24.8 Å². The van der Waals surface area contributed by atoms with E-state index in [-0.39, 0.29) is 0 Å². The van der Waals surface area contributed by atoms with Gasteiger partial charge in [-0.1, -0.05) is 24.3 Å². The molecule has 6 heteroatoms. The highest BCUT2D eigenvalue weighted by molar-refractivity contribution is 5.34. The van der Waals surface area contributed by atoms with Crippen molar-refractivity contribution in [2.45, 2.75) is 44.2 Å². The Labute approximate surface area is 143 Å². The van der Waals surface area contributed by atoms with Gasteiger partial charge in [-0.3, -0.25) is 4.90 Å². The lowest BCUT2D eigenvalue weighted by Gasteiger charge is -2.41. The van der Waals surface area contributed by atoms with E-state index in [9.17, 15) is 0 Å². The predicted molar refractivity (Wildman–Crippen MR) is 96.0 cm³/mol. The van der Waals surface area contributed by atoms with Crippen LogP contribution in [0.3, 0.4) is 0 Å². The van der Waals surface area contributed by atoms with Crippen LogP contribution in [0.2, 0.25) is 0 Å². The molecule has 1 aliphatic heterocycles. The molecular formula is C18H26N6. The minimum Gasteiger partial charge on any atom is -0.368 e. The summed E-state index contributed by atoms with van der Waals surface area (Å²) in [5.74, 6) is 1.13. The second-order valence-electron chi connectivity index (χ2n) is 7.07. The Morgan fingerprint density at radius 3 is 2.58 bits per heavy atom. The lowest BCUT2D eigenvalue weighted by atomic mass is 9.86. The van der Waals surface area contributed by atoms with Crippen LogP contribution in [0, 0.1) is 0 Å². The molecule has 1 fully saturated rings. The van der Waals surface area contributed by atoms with Crippen LogP contribution in [0.15, 0.2) is 24.3 Å². The van der Waals surface area contributed by atoms with Gasteiger partial charge in [0.05, 0.1) is 0 Å². The van der Waals surface area contributed by atoms with Crippen LogP contribution in [0.25, 0.3) is 0 Å². The standard InChI is InChI=1S/C18H26N6/c1-23(16-7-6-13-4-2-3-5-14(13)12-16)15-8-10-24(11-9-15)18-20-17(19)21-22-18/h2-5,15-16H,6-12H2,1H3,(H3,19,20,21,22). The molecule has 1 saturated heterocycles. The maximum Gasteiger partial charge on any atom is 0.246 e. The van der Waals surface area contributed by atoms with Crippen molar-refractivity contribution in [2.75, 3.05) is 30.8 Å². The molecule has 1 aliphatic carbocycles. The molecule has 128 valence electrons. The average Bonchev–Trinajstić information content (AvgIpc) is 3.07. The number of nitrogen functional groups attached to an aromatic ring is 1. The number of aromatic amines is 1. The van der Waals surface area contributed by atoms with E-state index in [2.05, 4.69) is 56.3 Å². The molecule has 1 unspecified atom stereocenters. The van der Waals surface area contributed by atoms with Crippen molar-refractivity contribution in [1.82, 2.24) is 20.1 Å². The highest BCUT2D eigenvalue weighted by Gasteiger charge is 2.30. The number of nitrogens with zero attached hydrogens (tertiary/aromatic N) is 4. The van der Waals surface area contributed by atoms with Crippen molar-refractivity contribution in [1.29, 1.82) is 0 Å². The van der Waals surface area contributed by atoms with Crippen LogP contribution in [0.1, 0.15) is 30.4 Å². The van der Waals surface area contributed by atoms with Gasteiger partial charge in [-0.2, -0.15) is 4.98 Å². The molecule has 2 heterocycles. The van der Waals surface area contributed by atoms with E-state index in [0.717, 1.165) is 31.9 Å². The minimum atomic E-state index is 0.394. The van der Waals surface area contributed by atoms with Crippen molar-refractivity contribution < 1.29 is 0 Å². The summed E-state index contributed by atoms with van der Waals surface area (Å²) in [4.78, 5) is 9.10. The Morgan fingerprint density at radius 2 is 1.88 bits per heavy atom. The molecule has 2 aliphatic rings. The molecule has 0 bridgehead atoms. The van der Waals surface area contributed by atoms with E-state index < -0.39 is 0 Å². The molecule has 0 amide bonds. The molecule has 2 aromatic rings. The van der Waals surface area contributed by atoms with Crippen LogP contribution in [0.5, 0.6) is 0 Å². The van der Waals surface area contributed by atoms with Crippen molar-refractivity contribution >= 4 is 11.9 Å². The molecule has 0 saturated carbocycles. The topological polar surface area (TPSA) is 74.1 Å². The van der Waals surface area contributed by atoms with Crippen LogP contribution in [-0.2, 0) is 12.8 Å². The van der Waals surface area contributed by atoms with Crippen LogP contribution < -0.4 is 10.6 Å². The zero-order chi connectivity index (χ0) is 16.5. The summed E-state index contributed by atoms with van der Waals surface area (Å²) in [6.45, 7) is 1.99. The number of likely N-dealkylation sites (N-methyl/N-ethyl adjacent to an activating group) is 1. The molecule has 1 aromatic heterocycles. The van der Waals surface area contributed by atoms with Gasteiger partial charge in [0.2, 0.25) is 11.9 Å². The predicted octanol–water partition coefficient (Wildman–Crippen LogP) is 1.85. The smallest absolute Gasteiger partial charge is 0.246 e. The monoisotopic (exact) mass is 326 g/mol. The summed E-state index contributed by atoms with van der Waals surface area (Å²) in [5.41, 5.74) is 8.71. The summed E-state index contributed by atoms with van der Waals surface area (Å²) in [6, 6.07) is 10.2. The SMILES string of the molecule is CN(C1CCN(c2n[nH]c(N)n2)CC1)C1CCc2ccccc2C1. The fourth-order valence-electron chi connectivity index (χ4n) is 4.20. The van der Waals surface area contributed by atoms with Gasteiger partial charge < -0.3 is 10.6 Å². The quantitative estimate of drug-likeness (QED) is 0.900. The number of piperidine rings is 1. The summed E-state index contributed by atoms with van der Waals surface area (Å²) < 4.78 is 0. The third-order valence-corrected chi connectivity index (χ3v) is 5.71. The van der Waals surface area contributed by atoms with Crippen LogP contribution >= 0.6 is 0 Å². The van der Waals surface area contributed by atoms with Crippen LogP contribution in [-0.4, -0.2) is 52.3 Å². The number of aromatic nitrogens is 3. The van der Waals surface area contributed by atoms with E-state index in [4.69, 9.17) is 5.73 Å². The molecule has 4 rings (SSSR count). The van der Waals surface area contributed by atoms with E-state index in [1.807, 2.05) is 0 Å². The number of aryl methyl sites for hydroxylation is 1. The number of nitrogens with one attached hydrogen (secondary N) is 1. The van der Waals surface area contributed by atoms with Crippen molar-refractivity contribution in [2.24, 2.45) is 0 Å². The van der Waals surface area contributed by atoms with Gasteiger partial charge in [0.1, 0.15) is 0 Å². The first-order valence-corrected chi connectivity index (χ1v) is 8.92. The Hall–Kier alpha value is -2.08. The summed E-state index contributed by atoms with van der Waals surface area (Å²) in [5, 5.41) is 6.90. The average molecular weight is 326 g/mol. The Kier molecular flexibility index (Phi) is 4.14. The van der Waals surface area contributed by atoms with E-state index in [0.29, 0.717) is 18.0 Å². The van der Waals surface area contributed by atoms with Gasteiger partial charge >= 0.3 is 0 Å². The minimum absolute atomic E-state index is 0.394. The Morgan fingerprint density at radius 1 is 1.12 bits per heavy atom. The molecule has 24 heavy (non-hydrogen) atoms. The summed E-state index contributed by atoms with van der Waals surface area (Å²) in [7, 11) is 2.31. The van der Waals surface area contributed by atoms with Gasteiger partial charge in [-0.15, -0.1) is 5.10 Å². The number of anilines is 2. The summed E-state index contributed by atoms with van der Waals surface area (Å²) in [6.07, 6.45) is 5.97. The number of rotatable bonds is 3.